The van der Waals surface area contributed by atoms with Gasteiger partial charge in [-0.25, -0.2) is 0 Å². The van der Waals surface area contributed by atoms with E-state index >= 15 is 0 Å². The van der Waals surface area contributed by atoms with Crippen LogP contribution in [-0.2, 0) is 4.79 Å². The van der Waals surface area contributed by atoms with Gasteiger partial charge in [-0.05, 0) is 59.7 Å². The molecule has 0 atom stereocenters. The first-order valence-corrected chi connectivity index (χ1v) is 9.28. The second-order valence-electron chi connectivity index (χ2n) is 5.84. The van der Waals surface area contributed by atoms with Gasteiger partial charge in [0.05, 0.1) is 5.56 Å². The van der Waals surface area contributed by atoms with E-state index in [1.807, 2.05) is 23.1 Å². The predicted molar refractivity (Wildman–Crippen MR) is 105 cm³/mol. The maximum Gasteiger partial charge on any atom is 0.260 e. The van der Waals surface area contributed by atoms with E-state index in [9.17, 15) is 9.59 Å². The van der Waals surface area contributed by atoms with Gasteiger partial charge in [-0.15, -0.1) is 0 Å². The molecule has 0 saturated carbocycles. The van der Waals surface area contributed by atoms with Gasteiger partial charge in [-0.2, -0.15) is 0 Å². The highest BCUT2D eigenvalue weighted by Gasteiger charge is 2.18. The topological polar surface area (TPSA) is 58.6 Å². The lowest BCUT2D eigenvalue weighted by Gasteiger charge is -2.15. The second kappa shape index (κ2) is 8.33. The number of carbonyl (C=O) groups is 2. The summed E-state index contributed by atoms with van der Waals surface area (Å²) in [6.07, 6.45) is 2.12. The molecule has 2 aromatic rings. The molecule has 130 valence electrons. The fraction of sp³-hybridized carbons (Fsp3) is 0.263. The van der Waals surface area contributed by atoms with Gasteiger partial charge >= 0.3 is 0 Å². The van der Waals surface area contributed by atoms with Crippen molar-refractivity contribution < 1.29 is 14.3 Å². The van der Waals surface area contributed by atoms with Crippen LogP contribution in [0.15, 0.2) is 48.5 Å². The summed E-state index contributed by atoms with van der Waals surface area (Å²) in [6.45, 7) is 1.65. The molecular weight excluding hydrogens is 431 g/mol. The first-order chi connectivity index (χ1) is 12.1. The van der Waals surface area contributed by atoms with Crippen LogP contribution in [0.3, 0.4) is 0 Å². The van der Waals surface area contributed by atoms with Crippen molar-refractivity contribution in [2.45, 2.75) is 12.8 Å². The average Bonchev–Trinajstić information content (AvgIpc) is 3.15. The van der Waals surface area contributed by atoms with Crippen molar-refractivity contribution in [2.75, 3.05) is 25.0 Å². The van der Waals surface area contributed by atoms with Crippen LogP contribution < -0.4 is 10.1 Å². The molecule has 1 heterocycles. The normalized spacial score (nSPS) is 13.6. The minimum absolute atomic E-state index is 0.00535. The number of rotatable bonds is 5. The van der Waals surface area contributed by atoms with E-state index in [-0.39, 0.29) is 18.4 Å². The Bertz CT molecular complexity index is 773. The molecule has 2 aromatic carbocycles. The highest BCUT2D eigenvalue weighted by atomic mass is 127. The summed E-state index contributed by atoms with van der Waals surface area (Å²) in [5.41, 5.74) is 1.26. The monoisotopic (exact) mass is 450 g/mol. The van der Waals surface area contributed by atoms with Crippen molar-refractivity contribution in [3.63, 3.8) is 0 Å². The molecule has 0 spiro atoms. The molecule has 0 radical (unpaired) electrons. The van der Waals surface area contributed by atoms with E-state index < -0.39 is 0 Å². The van der Waals surface area contributed by atoms with Gasteiger partial charge in [0.1, 0.15) is 5.75 Å². The summed E-state index contributed by atoms with van der Waals surface area (Å²) in [6, 6.07) is 14.5. The Balaban J connectivity index is 1.60. The van der Waals surface area contributed by atoms with Crippen LogP contribution in [0.5, 0.6) is 5.75 Å². The van der Waals surface area contributed by atoms with E-state index in [0.717, 1.165) is 29.5 Å². The third-order valence-corrected chi connectivity index (χ3v) is 4.97. The van der Waals surface area contributed by atoms with Crippen molar-refractivity contribution >= 4 is 40.1 Å². The second-order valence-corrected chi connectivity index (χ2v) is 7.00. The molecule has 1 aliphatic rings. The largest absolute Gasteiger partial charge is 0.484 e. The molecule has 5 nitrogen and oxygen atoms in total. The number of hydrogen-bond donors (Lipinski definition) is 1. The Hall–Kier alpha value is -2.09. The van der Waals surface area contributed by atoms with Gasteiger partial charge in [-0.3, -0.25) is 9.59 Å². The van der Waals surface area contributed by atoms with Gasteiger partial charge < -0.3 is 15.0 Å². The lowest BCUT2D eigenvalue weighted by Crippen LogP contribution is -2.32. The fourth-order valence-electron chi connectivity index (χ4n) is 2.71. The first kappa shape index (κ1) is 17.7. The molecule has 1 N–H and O–H groups in total. The van der Waals surface area contributed by atoms with E-state index in [1.165, 1.54) is 0 Å². The molecule has 2 amide bonds. The molecule has 1 fully saturated rings. The number of halogens is 1. The molecule has 0 unspecified atom stereocenters. The zero-order chi connectivity index (χ0) is 17.6. The van der Waals surface area contributed by atoms with E-state index in [0.29, 0.717) is 17.0 Å². The number of benzene rings is 2. The van der Waals surface area contributed by atoms with Gasteiger partial charge in [0.25, 0.3) is 11.8 Å². The van der Waals surface area contributed by atoms with Crippen LogP contribution in [0.4, 0.5) is 5.69 Å². The Morgan fingerprint density at radius 2 is 1.84 bits per heavy atom. The number of nitrogens with one attached hydrogen (secondary N) is 1. The van der Waals surface area contributed by atoms with E-state index in [1.54, 1.807) is 30.3 Å². The first-order valence-electron chi connectivity index (χ1n) is 8.20. The number of likely N-dealkylation sites (tertiary alicyclic amines) is 1. The SMILES string of the molecule is O=C(Nc1cccc(OCC(=O)N2CCCC2)c1)c1ccccc1I. The zero-order valence-electron chi connectivity index (χ0n) is 13.7. The maximum atomic E-state index is 12.4. The molecule has 3 rings (SSSR count). The van der Waals surface area contributed by atoms with Crippen LogP contribution in [0.25, 0.3) is 0 Å². The van der Waals surface area contributed by atoms with Crippen molar-refractivity contribution in [2.24, 2.45) is 0 Å². The van der Waals surface area contributed by atoms with E-state index in [2.05, 4.69) is 27.9 Å². The van der Waals surface area contributed by atoms with Crippen LogP contribution >= 0.6 is 22.6 Å². The Labute approximate surface area is 160 Å². The number of anilines is 1. The molecule has 1 aliphatic heterocycles. The Morgan fingerprint density at radius 1 is 1.08 bits per heavy atom. The Kier molecular flexibility index (Phi) is 5.91. The summed E-state index contributed by atoms with van der Waals surface area (Å²) in [5.74, 6) is 0.397. The standard InChI is InChI=1S/C19H19IN2O3/c20-17-9-2-1-8-16(17)19(24)21-14-6-5-7-15(12-14)25-13-18(23)22-10-3-4-11-22/h1-2,5-9,12H,3-4,10-11,13H2,(H,21,24). The van der Waals surface area contributed by atoms with Crippen molar-refractivity contribution in [1.82, 2.24) is 4.90 Å². The smallest absolute Gasteiger partial charge is 0.260 e. The molecule has 0 aromatic heterocycles. The van der Waals surface area contributed by atoms with Crippen LogP contribution in [0, 0.1) is 3.57 Å². The van der Waals surface area contributed by atoms with Crippen LogP contribution in [0.1, 0.15) is 23.2 Å². The number of ether oxygens (including phenoxy) is 1. The summed E-state index contributed by atoms with van der Waals surface area (Å²) in [4.78, 5) is 26.2. The number of amides is 2. The third kappa shape index (κ3) is 4.72. The number of carbonyl (C=O) groups excluding carboxylic acids is 2. The minimum atomic E-state index is -0.171. The van der Waals surface area contributed by atoms with E-state index in [4.69, 9.17) is 4.74 Å². The molecule has 6 heteroatoms. The zero-order valence-corrected chi connectivity index (χ0v) is 15.9. The molecule has 25 heavy (non-hydrogen) atoms. The van der Waals surface area contributed by atoms with Crippen LogP contribution in [0.2, 0.25) is 0 Å². The van der Waals surface area contributed by atoms with Crippen molar-refractivity contribution in [1.29, 1.82) is 0 Å². The van der Waals surface area contributed by atoms with Crippen LogP contribution in [-0.4, -0.2) is 36.4 Å². The minimum Gasteiger partial charge on any atom is -0.484 e. The number of hydrogen-bond acceptors (Lipinski definition) is 3. The molecular formula is C19H19IN2O3. The summed E-state index contributed by atoms with van der Waals surface area (Å²) < 4.78 is 6.48. The fourth-order valence-corrected chi connectivity index (χ4v) is 3.34. The third-order valence-electron chi connectivity index (χ3n) is 4.03. The summed E-state index contributed by atoms with van der Waals surface area (Å²) in [5, 5.41) is 2.86. The maximum absolute atomic E-state index is 12.4. The van der Waals surface area contributed by atoms with Crippen molar-refractivity contribution in [3.05, 3.63) is 57.7 Å². The number of nitrogens with zero attached hydrogens (tertiary/aromatic N) is 1. The highest BCUT2D eigenvalue weighted by molar-refractivity contribution is 14.1. The quantitative estimate of drug-likeness (QED) is 0.710. The lowest BCUT2D eigenvalue weighted by molar-refractivity contribution is -0.132. The van der Waals surface area contributed by atoms with Gasteiger partial charge in [0.15, 0.2) is 6.61 Å². The molecule has 0 bridgehead atoms. The van der Waals surface area contributed by atoms with Gasteiger partial charge in [0, 0.05) is 28.4 Å². The lowest BCUT2D eigenvalue weighted by atomic mass is 10.2. The predicted octanol–water partition coefficient (Wildman–Crippen LogP) is 3.54. The summed E-state index contributed by atoms with van der Waals surface area (Å²) >= 11 is 2.14. The Morgan fingerprint density at radius 3 is 2.60 bits per heavy atom. The van der Waals surface area contributed by atoms with Crippen molar-refractivity contribution in [3.8, 4) is 5.75 Å². The van der Waals surface area contributed by atoms with Gasteiger partial charge in [0.2, 0.25) is 0 Å². The van der Waals surface area contributed by atoms with Gasteiger partial charge in [-0.1, -0.05) is 18.2 Å². The average molecular weight is 450 g/mol. The molecule has 0 aliphatic carbocycles. The summed E-state index contributed by atoms with van der Waals surface area (Å²) in [7, 11) is 0. The molecule has 1 saturated heterocycles. The highest BCUT2D eigenvalue weighted by Crippen LogP contribution is 2.20.